The number of phenolic OH excluding ortho intramolecular Hbond substituents is 2. The summed E-state index contributed by atoms with van der Waals surface area (Å²) < 4.78 is 0. The first-order valence-electron chi connectivity index (χ1n) is 10.3. The van der Waals surface area contributed by atoms with E-state index in [0.717, 1.165) is 22.6 Å². The third-order valence-electron chi connectivity index (χ3n) is 5.92. The normalized spacial score (nSPS) is 25.8. The number of benzene rings is 2. The van der Waals surface area contributed by atoms with Gasteiger partial charge in [0.2, 0.25) is 0 Å². The fraction of sp³-hybridized carbons (Fsp3) is 0.455. The summed E-state index contributed by atoms with van der Waals surface area (Å²) in [6.45, 7) is 0. The zero-order chi connectivity index (χ0) is 22.1. The maximum atomic E-state index is 10.6. The molecule has 2 nitrogen and oxygen atoms in total. The molecule has 9 heteroatoms. The Morgan fingerprint density at radius 1 is 0.710 bits per heavy atom. The Bertz CT molecular complexity index is 1000. The molecule has 1 heterocycles. The van der Waals surface area contributed by atoms with Gasteiger partial charge >= 0.3 is 218 Å². The van der Waals surface area contributed by atoms with E-state index >= 15 is 0 Å². The first-order chi connectivity index (χ1) is 14.8. The van der Waals surface area contributed by atoms with Crippen LogP contribution in [0.4, 0.5) is 0 Å². The third kappa shape index (κ3) is 5.89. The standard InChI is InChI=1S/C22H24Cl4O2S2.Zr/c23-15-7-13(21(27)17(25)9-15)11-29-19-5-3-1-2-4-6-20(19)30-12-14-8-16(24)10-18(26)22(14)28;/h7-10,19-20,27-28H,1-6,11-12H2;/t19-,20?;/m0./s1. The number of fused-ring (bicyclic) bond motifs is 1. The summed E-state index contributed by atoms with van der Waals surface area (Å²) in [5, 5.41) is 24.4. The van der Waals surface area contributed by atoms with Gasteiger partial charge in [-0.15, -0.1) is 0 Å². The predicted octanol–water partition coefficient (Wildman–Crippen LogP) is 8.97. The van der Waals surface area contributed by atoms with Crippen LogP contribution in [-0.2, 0) is 30.7 Å². The zero-order valence-corrected chi connectivity index (χ0v) is 24.0. The summed E-state index contributed by atoms with van der Waals surface area (Å²) in [7, 11) is 0.592. The van der Waals surface area contributed by atoms with Gasteiger partial charge in [-0.1, -0.05) is 0 Å². The molecule has 0 spiro atoms. The van der Waals surface area contributed by atoms with Gasteiger partial charge in [0, 0.05) is 0 Å². The van der Waals surface area contributed by atoms with Crippen LogP contribution >= 0.6 is 60.6 Å². The van der Waals surface area contributed by atoms with Crippen LogP contribution in [0.3, 0.4) is 0 Å². The van der Waals surface area contributed by atoms with Crippen LogP contribution in [0, 0.1) is 0 Å². The fourth-order valence-corrected chi connectivity index (χ4v) is 34.3. The summed E-state index contributed by atoms with van der Waals surface area (Å²) in [4.78, 5) is 0. The van der Waals surface area contributed by atoms with E-state index in [-0.39, 0.29) is 11.5 Å². The average molecular weight is 618 g/mol. The van der Waals surface area contributed by atoms with Crippen molar-refractivity contribution in [1.29, 1.82) is 0 Å². The van der Waals surface area contributed by atoms with Crippen molar-refractivity contribution < 1.29 is 29.4 Å². The van der Waals surface area contributed by atoms with Crippen LogP contribution in [0.2, 0.25) is 20.1 Å². The van der Waals surface area contributed by atoms with Gasteiger partial charge in [-0.25, -0.2) is 0 Å². The molecule has 2 aromatic rings. The monoisotopic (exact) mass is 614 g/mol. The topological polar surface area (TPSA) is 40.5 Å². The van der Waals surface area contributed by atoms with E-state index < -0.39 is 19.2 Å². The molecule has 0 amide bonds. The first kappa shape index (κ1) is 24.9. The number of hydrogen-bond donors (Lipinski definition) is 2. The molecule has 1 saturated carbocycles. The van der Waals surface area contributed by atoms with Crippen molar-refractivity contribution in [3.8, 4) is 11.5 Å². The maximum absolute atomic E-state index is 10.6. The summed E-state index contributed by atoms with van der Waals surface area (Å²) in [5.41, 5.74) is 1.78. The van der Waals surface area contributed by atoms with Gasteiger partial charge in [0.15, 0.2) is 0 Å². The molecule has 0 saturated heterocycles. The molecule has 2 N–H and O–H groups in total. The van der Waals surface area contributed by atoms with E-state index in [9.17, 15) is 10.2 Å². The van der Waals surface area contributed by atoms with E-state index in [1.165, 1.54) is 38.5 Å². The second kappa shape index (κ2) is 11.0. The second-order valence-electron chi connectivity index (χ2n) is 8.09. The molecule has 4 atom stereocenters. The Kier molecular flexibility index (Phi) is 8.85. The Morgan fingerprint density at radius 3 is 1.55 bits per heavy atom. The quantitative estimate of drug-likeness (QED) is 0.360. The zero-order valence-electron chi connectivity index (χ0n) is 16.8. The molecule has 1 aliphatic heterocycles. The van der Waals surface area contributed by atoms with Crippen LogP contribution < -0.4 is 0 Å². The van der Waals surface area contributed by atoms with Gasteiger partial charge in [0.1, 0.15) is 0 Å². The van der Waals surface area contributed by atoms with Crippen molar-refractivity contribution in [1.82, 2.24) is 0 Å². The average Bonchev–Trinajstić information content (AvgIpc) is 2.98. The Labute approximate surface area is 215 Å². The predicted molar refractivity (Wildman–Crippen MR) is 134 cm³/mol. The van der Waals surface area contributed by atoms with Gasteiger partial charge in [-0.3, -0.25) is 0 Å². The number of rotatable bonds is 4. The number of hydrogen-bond acceptors (Lipinski definition) is 2. The van der Waals surface area contributed by atoms with Crippen LogP contribution in [0.25, 0.3) is 0 Å². The molecule has 1 fully saturated rings. The van der Waals surface area contributed by atoms with Gasteiger partial charge < -0.3 is 0 Å². The summed E-state index contributed by atoms with van der Waals surface area (Å²) in [5.74, 6) is 2.13. The van der Waals surface area contributed by atoms with E-state index in [2.05, 4.69) is 0 Å². The summed E-state index contributed by atoms with van der Waals surface area (Å²) in [6.07, 6.45) is 7.76. The van der Waals surface area contributed by atoms with Gasteiger partial charge in [-0.05, 0) is 0 Å². The first-order valence-corrected chi connectivity index (χ1v) is 20.8. The Hall–Kier alpha value is 0.783. The molecule has 2 aromatic carbocycles. The van der Waals surface area contributed by atoms with Gasteiger partial charge in [0.25, 0.3) is 0 Å². The molecule has 3 unspecified atom stereocenters. The molecule has 1 aliphatic carbocycles. The molecule has 0 aromatic heterocycles. The third-order valence-corrected chi connectivity index (χ3v) is 28.7. The van der Waals surface area contributed by atoms with Crippen molar-refractivity contribution >= 4 is 60.6 Å². The van der Waals surface area contributed by atoms with Crippen LogP contribution in [-0.4, -0.2) is 20.7 Å². The summed E-state index contributed by atoms with van der Waals surface area (Å²) >= 11 is 24.1. The number of phenols is 2. The minimum atomic E-state index is -0.790. The number of aromatic hydroxyl groups is 2. The van der Waals surface area contributed by atoms with E-state index in [1.807, 2.05) is 12.1 Å². The molecule has 0 bridgehead atoms. The Morgan fingerprint density at radius 2 is 1.13 bits per heavy atom. The van der Waals surface area contributed by atoms with Crippen molar-refractivity contribution in [2.45, 2.75) is 60.5 Å². The van der Waals surface area contributed by atoms with E-state index in [1.54, 1.807) is 12.1 Å². The Balaban J connectivity index is 1.72. The second-order valence-corrected chi connectivity index (χ2v) is 25.4. The van der Waals surface area contributed by atoms with Crippen LogP contribution in [0.1, 0.15) is 49.7 Å². The van der Waals surface area contributed by atoms with Crippen molar-refractivity contribution in [3.05, 3.63) is 55.5 Å². The van der Waals surface area contributed by atoms with Gasteiger partial charge in [0.05, 0.1) is 0 Å². The molecular formula is C22H24Cl4O2S2Zr. The minimum absolute atomic E-state index is 0.186. The van der Waals surface area contributed by atoms with Crippen LogP contribution in [0.5, 0.6) is 11.5 Å². The molecule has 4 rings (SSSR count). The molecule has 168 valence electrons. The molecular weight excluding hydrogens is 593 g/mol. The van der Waals surface area contributed by atoms with Crippen molar-refractivity contribution in [2.24, 2.45) is 0 Å². The molecule has 0 radical (unpaired) electrons. The van der Waals surface area contributed by atoms with Gasteiger partial charge in [-0.2, -0.15) is 0 Å². The van der Waals surface area contributed by atoms with Crippen molar-refractivity contribution in [2.75, 3.05) is 0 Å². The van der Waals surface area contributed by atoms with E-state index in [0.29, 0.717) is 44.8 Å². The van der Waals surface area contributed by atoms with Crippen molar-refractivity contribution in [3.63, 3.8) is 0 Å². The van der Waals surface area contributed by atoms with Crippen LogP contribution in [0.15, 0.2) is 24.3 Å². The SMILES string of the molecule is Oc1c(Cl)cc(Cl)cc1C[S]1=[Zr]=[S](Cc2cc(Cl)cc(Cl)c2O)[C@H]2CCCCCCC21. The molecule has 2 aliphatic rings. The molecule has 31 heavy (non-hydrogen) atoms. The fourth-order valence-electron chi connectivity index (χ4n) is 4.40. The van der Waals surface area contributed by atoms with E-state index in [4.69, 9.17) is 46.4 Å². The summed E-state index contributed by atoms with van der Waals surface area (Å²) in [6, 6.07) is 6.97. The number of halogens is 4.